The van der Waals surface area contributed by atoms with Crippen molar-refractivity contribution in [1.82, 2.24) is 10.0 Å². The fourth-order valence-electron chi connectivity index (χ4n) is 1.89. The molecule has 1 aliphatic carbocycles. The van der Waals surface area contributed by atoms with Crippen LogP contribution in [0.15, 0.2) is 4.99 Å². The molecular formula is C10H22N4O2S. The molecule has 0 radical (unpaired) electrons. The van der Waals surface area contributed by atoms with Crippen molar-refractivity contribution in [2.45, 2.75) is 38.1 Å². The maximum Gasteiger partial charge on any atom is 0.213 e. The van der Waals surface area contributed by atoms with Crippen LogP contribution in [0.25, 0.3) is 0 Å². The normalized spacial score (nSPS) is 19.2. The SMILES string of the molecule is CNS(=O)(=O)CCN=C(N)NC1CCCCC1. The van der Waals surface area contributed by atoms with E-state index in [0.29, 0.717) is 12.0 Å². The zero-order valence-corrected chi connectivity index (χ0v) is 11.1. The maximum atomic E-state index is 11.1. The third-order valence-electron chi connectivity index (χ3n) is 2.91. The summed E-state index contributed by atoms with van der Waals surface area (Å²) in [6.07, 6.45) is 5.96. The summed E-state index contributed by atoms with van der Waals surface area (Å²) in [5, 5.41) is 3.14. The Bertz CT molecular complexity index is 347. The molecule has 0 atom stereocenters. The second kappa shape index (κ2) is 6.80. The van der Waals surface area contributed by atoms with Gasteiger partial charge in [0, 0.05) is 6.04 Å². The predicted octanol–water partition coefficient (Wildman–Crippen LogP) is -0.227. The molecule has 6 nitrogen and oxygen atoms in total. The molecule has 0 unspecified atom stereocenters. The molecule has 17 heavy (non-hydrogen) atoms. The van der Waals surface area contributed by atoms with E-state index in [1.807, 2.05) is 0 Å². The average molecular weight is 262 g/mol. The molecule has 7 heteroatoms. The van der Waals surface area contributed by atoms with E-state index >= 15 is 0 Å². The quantitative estimate of drug-likeness (QED) is 0.471. The third kappa shape index (κ3) is 5.88. The highest BCUT2D eigenvalue weighted by Gasteiger charge is 2.13. The Balaban J connectivity index is 2.29. The van der Waals surface area contributed by atoms with Crippen LogP contribution in [0.4, 0.5) is 0 Å². The molecule has 4 N–H and O–H groups in total. The lowest BCUT2D eigenvalue weighted by molar-refractivity contribution is 0.412. The third-order valence-corrected chi connectivity index (χ3v) is 4.25. The first kappa shape index (κ1) is 14.2. The molecule has 1 saturated carbocycles. The molecule has 0 aromatic rings. The highest BCUT2D eigenvalue weighted by Crippen LogP contribution is 2.16. The zero-order chi connectivity index (χ0) is 12.7. The van der Waals surface area contributed by atoms with Crippen LogP contribution in [0.1, 0.15) is 32.1 Å². The van der Waals surface area contributed by atoms with Crippen molar-refractivity contribution in [3.8, 4) is 0 Å². The van der Waals surface area contributed by atoms with Gasteiger partial charge in [-0.3, -0.25) is 4.99 Å². The van der Waals surface area contributed by atoms with Gasteiger partial charge in [0.25, 0.3) is 0 Å². The second-order valence-corrected chi connectivity index (χ2v) is 6.32. The van der Waals surface area contributed by atoms with Crippen LogP contribution in [0.2, 0.25) is 0 Å². The lowest BCUT2D eigenvalue weighted by atomic mass is 9.96. The van der Waals surface area contributed by atoms with Gasteiger partial charge in [-0.25, -0.2) is 13.1 Å². The Hall–Kier alpha value is -0.820. The summed E-state index contributed by atoms with van der Waals surface area (Å²) in [5.41, 5.74) is 5.70. The Kier molecular flexibility index (Phi) is 5.70. The van der Waals surface area contributed by atoms with Crippen LogP contribution >= 0.6 is 0 Å². The Morgan fingerprint density at radius 2 is 2.00 bits per heavy atom. The minimum Gasteiger partial charge on any atom is -0.370 e. The minimum atomic E-state index is -3.19. The van der Waals surface area contributed by atoms with Crippen LogP contribution in [0.5, 0.6) is 0 Å². The minimum absolute atomic E-state index is 0.0312. The van der Waals surface area contributed by atoms with Gasteiger partial charge >= 0.3 is 0 Å². The summed E-state index contributed by atoms with van der Waals surface area (Å²) >= 11 is 0. The van der Waals surface area contributed by atoms with Crippen molar-refractivity contribution in [2.24, 2.45) is 10.7 Å². The Labute approximate surface area is 103 Å². The molecule has 0 aromatic carbocycles. The van der Waals surface area contributed by atoms with E-state index in [9.17, 15) is 8.42 Å². The number of rotatable bonds is 5. The van der Waals surface area contributed by atoms with Gasteiger partial charge < -0.3 is 11.1 Å². The summed E-state index contributed by atoms with van der Waals surface area (Å²) in [6, 6.07) is 0.397. The van der Waals surface area contributed by atoms with Crippen LogP contribution in [0.3, 0.4) is 0 Å². The van der Waals surface area contributed by atoms with Crippen LogP contribution in [-0.2, 0) is 10.0 Å². The number of aliphatic imine (C=N–C) groups is 1. The predicted molar refractivity (Wildman–Crippen MR) is 69.3 cm³/mol. The fourth-order valence-corrected chi connectivity index (χ4v) is 2.43. The average Bonchev–Trinajstić information content (AvgIpc) is 2.30. The number of nitrogens with one attached hydrogen (secondary N) is 2. The number of nitrogens with two attached hydrogens (primary N) is 1. The van der Waals surface area contributed by atoms with Gasteiger partial charge in [-0.2, -0.15) is 0 Å². The molecule has 0 spiro atoms. The number of guanidine groups is 1. The van der Waals surface area contributed by atoms with Gasteiger partial charge in [-0.05, 0) is 19.9 Å². The summed E-state index contributed by atoms with van der Waals surface area (Å²) in [7, 11) is -1.80. The molecule has 0 heterocycles. The van der Waals surface area contributed by atoms with Crippen molar-refractivity contribution in [3.05, 3.63) is 0 Å². The molecule has 0 bridgehead atoms. The summed E-state index contributed by atoms with van der Waals surface area (Å²) in [6.45, 7) is 0.189. The van der Waals surface area contributed by atoms with Gasteiger partial charge in [0.2, 0.25) is 10.0 Å². The van der Waals surface area contributed by atoms with Crippen molar-refractivity contribution >= 4 is 16.0 Å². The first-order chi connectivity index (χ1) is 8.03. The molecule has 0 aliphatic heterocycles. The number of hydrogen-bond donors (Lipinski definition) is 3. The van der Waals surface area contributed by atoms with Gasteiger partial charge in [0.15, 0.2) is 5.96 Å². The summed E-state index contributed by atoms with van der Waals surface area (Å²) in [4.78, 5) is 4.02. The molecular weight excluding hydrogens is 240 g/mol. The lowest BCUT2D eigenvalue weighted by Gasteiger charge is -2.23. The van der Waals surface area contributed by atoms with Gasteiger partial charge in [0.1, 0.15) is 0 Å². The Morgan fingerprint density at radius 1 is 1.35 bits per heavy atom. The van der Waals surface area contributed by atoms with Gasteiger partial charge in [0.05, 0.1) is 12.3 Å². The monoisotopic (exact) mass is 262 g/mol. The molecule has 1 rings (SSSR count). The van der Waals surface area contributed by atoms with E-state index in [1.165, 1.54) is 26.3 Å². The summed E-state index contributed by atoms with van der Waals surface area (Å²) < 4.78 is 24.5. The fraction of sp³-hybridized carbons (Fsp3) is 0.900. The molecule has 1 fully saturated rings. The maximum absolute atomic E-state index is 11.1. The molecule has 0 aromatic heterocycles. The standard InChI is InChI=1S/C10H22N4O2S/c1-12-17(15,16)8-7-13-10(11)14-9-5-3-2-4-6-9/h9,12H,2-8H2,1H3,(H3,11,13,14). The number of sulfonamides is 1. The first-order valence-electron chi connectivity index (χ1n) is 6.01. The van der Waals surface area contributed by atoms with Crippen LogP contribution in [0, 0.1) is 0 Å². The first-order valence-corrected chi connectivity index (χ1v) is 7.66. The highest BCUT2D eigenvalue weighted by atomic mass is 32.2. The van der Waals surface area contributed by atoms with E-state index < -0.39 is 10.0 Å². The number of nitrogens with zero attached hydrogens (tertiary/aromatic N) is 1. The summed E-state index contributed by atoms with van der Waals surface area (Å²) in [5.74, 6) is 0.319. The van der Waals surface area contributed by atoms with E-state index in [4.69, 9.17) is 5.73 Å². The van der Waals surface area contributed by atoms with E-state index in [2.05, 4.69) is 15.0 Å². The van der Waals surface area contributed by atoms with Crippen molar-refractivity contribution < 1.29 is 8.42 Å². The van der Waals surface area contributed by atoms with E-state index in [0.717, 1.165) is 12.8 Å². The molecule has 100 valence electrons. The highest BCUT2D eigenvalue weighted by molar-refractivity contribution is 7.89. The van der Waals surface area contributed by atoms with Gasteiger partial charge in [-0.1, -0.05) is 19.3 Å². The number of hydrogen-bond acceptors (Lipinski definition) is 3. The van der Waals surface area contributed by atoms with Crippen molar-refractivity contribution in [3.63, 3.8) is 0 Å². The smallest absolute Gasteiger partial charge is 0.213 e. The van der Waals surface area contributed by atoms with E-state index in [-0.39, 0.29) is 12.3 Å². The second-order valence-electron chi connectivity index (χ2n) is 4.27. The van der Waals surface area contributed by atoms with Crippen molar-refractivity contribution in [2.75, 3.05) is 19.3 Å². The topological polar surface area (TPSA) is 96.6 Å². The largest absolute Gasteiger partial charge is 0.370 e. The van der Waals surface area contributed by atoms with Crippen LogP contribution in [-0.4, -0.2) is 39.8 Å². The zero-order valence-electron chi connectivity index (χ0n) is 10.3. The van der Waals surface area contributed by atoms with E-state index in [1.54, 1.807) is 0 Å². The molecule has 0 saturated heterocycles. The lowest BCUT2D eigenvalue weighted by Crippen LogP contribution is -2.41. The van der Waals surface area contributed by atoms with Gasteiger partial charge in [-0.15, -0.1) is 0 Å². The molecule has 1 aliphatic rings. The van der Waals surface area contributed by atoms with Crippen molar-refractivity contribution in [1.29, 1.82) is 0 Å². The Morgan fingerprint density at radius 3 is 2.59 bits per heavy atom. The van der Waals surface area contributed by atoms with Crippen LogP contribution < -0.4 is 15.8 Å². The molecule has 0 amide bonds.